The number of phenols is 2. The number of phenolic OH excluding ortho intramolecular Hbond substituents is 2. The van der Waals surface area contributed by atoms with E-state index in [0.717, 1.165) is 17.2 Å². The summed E-state index contributed by atoms with van der Waals surface area (Å²) in [7, 11) is 0. The topological polar surface area (TPSA) is 103 Å². The predicted octanol–water partition coefficient (Wildman–Crippen LogP) is 4.46. The lowest BCUT2D eigenvalue weighted by Crippen LogP contribution is -1.92. The highest BCUT2D eigenvalue weighted by atomic mass is 16.3. The average Bonchev–Trinajstić information content (AvgIpc) is 2.74. The van der Waals surface area contributed by atoms with Crippen LogP contribution in [-0.4, -0.2) is 25.2 Å². The molecule has 7 heteroatoms. The standard InChI is InChI=1S/C11H10N2O.C10H9N3O/c14-10-6-4-9(5-7-10)13-11-3-1-2-8-12-11;14-9-3-1-8(2-4-9)13-10-7-11-5-6-12-10/h1-8,14H,(H,12,13);1-7,14H,(H,12,13). The first-order valence-electron chi connectivity index (χ1n) is 8.48. The minimum atomic E-state index is 0.245. The second-order valence-corrected chi connectivity index (χ2v) is 5.65. The second kappa shape index (κ2) is 9.54. The quantitative estimate of drug-likeness (QED) is 0.392. The number of hydrogen-bond acceptors (Lipinski definition) is 7. The molecule has 0 fully saturated rings. The number of aromatic hydroxyl groups is 2. The summed E-state index contributed by atoms with van der Waals surface area (Å²) in [5.74, 6) is 1.97. The number of nitrogens with one attached hydrogen (secondary N) is 2. The Kier molecular flexibility index (Phi) is 6.35. The maximum Gasteiger partial charge on any atom is 0.148 e. The van der Waals surface area contributed by atoms with E-state index < -0.39 is 0 Å². The Hall–Kier alpha value is -4.13. The van der Waals surface area contributed by atoms with Gasteiger partial charge in [0.2, 0.25) is 0 Å². The summed E-state index contributed by atoms with van der Waals surface area (Å²) in [5, 5.41) is 24.3. The zero-order valence-corrected chi connectivity index (χ0v) is 14.9. The first-order valence-corrected chi connectivity index (χ1v) is 8.48. The van der Waals surface area contributed by atoms with Crippen molar-refractivity contribution in [2.45, 2.75) is 0 Å². The summed E-state index contributed by atoms with van der Waals surface area (Å²) in [4.78, 5) is 12.1. The molecule has 0 unspecified atom stereocenters. The number of anilines is 4. The Morgan fingerprint density at radius 1 is 0.571 bits per heavy atom. The first-order chi connectivity index (χ1) is 13.7. The molecule has 0 amide bonds. The van der Waals surface area contributed by atoms with E-state index in [2.05, 4.69) is 25.6 Å². The van der Waals surface area contributed by atoms with Gasteiger partial charge in [-0.1, -0.05) is 6.07 Å². The van der Waals surface area contributed by atoms with E-state index >= 15 is 0 Å². The van der Waals surface area contributed by atoms with Gasteiger partial charge in [-0.2, -0.15) is 0 Å². The molecule has 2 aromatic carbocycles. The van der Waals surface area contributed by atoms with Crippen LogP contribution in [0.2, 0.25) is 0 Å². The van der Waals surface area contributed by atoms with Gasteiger partial charge in [0.15, 0.2) is 0 Å². The monoisotopic (exact) mass is 373 g/mol. The van der Waals surface area contributed by atoms with Crippen LogP contribution in [0.15, 0.2) is 91.5 Å². The zero-order valence-electron chi connectivity index (χ0n) is 14.9. The molecule has 2 heterocycles. The molecule has 0 aliphatic carbocycles. The van der Waals surface area contributed by atoms with Gasteiger partial charge in [-0.3, -0.25) is 4.98 Å². The molecule has 2 aromatic heterocycles. The van der Waals surface area contributed by atoms with Gasteiger partial charge in [0.25, 0.3) is 0 Å². The van der Waals surface area contributed by atoms with Gasteiger partial charge in [-0.05, 0) is 60.7 Å². The van der Waals surface area contributed by atoms with Crippen molar-refractivity contribution in [1.29, 1.82) is 0 Å². The maximum atomic E-state index is 9.08. The summed E-state index contributed by atoms with van der Waals surface area (Å²) in [5.41, 5.74) is 1.77. The number of rotatable bonds is 4. The molecule has 0 bridgehead atoms. The van der Waals surface area contributed by atoms with Gasteiger partial charge in [0, 0.05) is 30.0 Å². The van der Waals surface area contributed by atoms with Crippen molar-refractivity contribution in [2.75, 3.05) is 10.6 Å². The molecule has 0 saturated heterocycles. The van der Waals surface area contributed by atoms with E-state index in [1.54, 1.807) is 73.3 Å². The van der Waals surface area contributed by atoms with E-state index in [4.69, 9.17) is 10.2 Å². The number of pyridine rings is 1. The Balaban J connectivity index is 0.000000161. The van der Waals surface area contributed by atoms with Crippen molar-refractivity contribution in [1.82, 2.24) is 15.0 Å². The van der Waals surface area contributed by atoms with Crippen LogP contribution < -0.4 is 10.6 Å². The molecular weight excluding hydrogens is 354 g/mol. The van der Waals surface area contributed by atoms with Gasteiger partial charge in [-0.15, -0.1) is 0 Å². The largest absolute Gasteiger partial charge is 0.508 e. The fourth-order valence-corrected chi connectivity index (χ4v) is 2.19. The van der Waals surface area contributed by atoms with Crippen LogP contribution in [0.4, 0.5) is 23.0 Å². The molecule has 0 aliphatic rings. The summed E-state index contributed by atoms with van der Waals surface area (Å²) >= 11 is 0. The minimum Gasteiger partial charge on any atom is -0.508 e. The highest BCUT2D eigenvalue weighted by Gasteiger charge is 1.95. The third-order valence-corrected chi connectivity index (χ3v) is 3.51. The molecule has 0 spiro atoms. The second-order valence-electron chi connectivity index (χ2n) is 5.65. The highest BCUT2D eigenvalue weighted by Crippen LogP contribution is 2.18. The van der Waals surface area contributed by atoms with Crippen LogP contribution in [0, 0.1) is 0 Å². The van der Waals surface area contributed by atoms with E-state index in [1.165, 1.54) is 0 Å². The van der Waals surface area contributed by atoms with E-state index in [-0.39, 0.29) is 11.5 Å². The molecule has 0 saturated carbocycles. The van der Waals surface area contributed by atoms with E-state index in [1.807, 2.05) is 18.2 Å². The molecule has 140 valence electrons. The van der Waals surface area contributed by atoms with Crippen LogP contribution in [0.1, 0.15) is 0 Å². The third kappa shape index (κ3) is 5.99. The molecule has 7 nitrogen and oxygen atoms in total. The van der Waals surface area contributed by atoms with Crippen LogP contribution in [-0.2, 0) is 0 Å². The number of nitrogens with zero attached hydrogens (tertiary/aromatic N) is 3. The number of benzene rings is 2. The summed E-state index contributed by atoms with van der Waals surface area (Å²) in [6, 6.07) is 19.3. The normalized spacial score (nSPS) is 9.71. The maximum absolute atomic E-state index is 9.08. The Bertz CT molecular complexity index is 880. The van der Waals surface area contributed by atoms with Gasteiger partial charge >= 0.3 is 0 Å². The Labute approximate surface area is 162 Å². The van der Waals surface area contributed by atoms with Gasteiger partial charge in [0.1, 0.15) is 23.1 Å². The van der Waals surface area contributed by atoms with Crippen molar-refractivity contribution in [2.24, 2.45) is 0 Å². The van der Waals surface area contributed by atoms with Crippen LogP contribution in [0.5, 0.6) is 11.5 Å². The highest BCUT2D eigenvalue weighted by molar-refractivity contribution is 5.57. The number of aromatic nitrogens is 3. The van der Waals surface area contributed by atoms with Gasteiger partial charge in [0.05, 0.1) is 6.20 Å². The lowest BCUT2D eigenvalue weighted by molar-refractivity contribution is 0.475. The number of hydrogen-bond donors (Lipinski definition) is 4. The van der Waals surface area contributed by atoms with Crippen LogP contribution >= 0.6 is 0 Å². The van der Waals surface area contributed by atoms with E-state index in [9.17, 15) is 0 Å². The van der Waals surface area contributed by atoms with Crippen molar-refractivity contribution in [3.8, 4) is 11.5 Å². The lowest BCUT2D eigenvalue weighted by atomic mass is 10.3. The van der Waals surface area contributed by atoms with Crippen molar-refractivity contribution in [3.05, 3.63) is 91.5 Å². The molecule has 0 aliphatic heterocycles. The summed E-state index contributed by atoms with van der Waals surface area (Å²) < 4.78 is 0. The van der Waals surface area contributed by atoms with Gasteiger partial charge in [-0.25, -0.2) is 9.97 Å². The molecule has 4 N–H and O–H groups in total. The fraction of sp³-hybridized carbons (Fsp3) is 0. The van der Waals surface area contributed by atoms with E-state index in [0.29, 0.717) is 5.82 Å². The first kappa shape index (κ1) is 18.7. The van der Waals surface area contributed by atoms with Crippen molar-refractivity contribution in [3.63, 3.8) is 0 Å². The summed E-state index contributed by atoms with van der Waals surface area (Å²) in [6.07, 6.45) is 6.58. The molecule has 28 heavy (non-hydrogen) atoms. The Morgan fingerprint density at radius 2 is 1.14 bits per heavy atom. The smallest absolute Gasteiger partial charge is 0.148 e. The fourth-order valence-electron chi connectivity index (χ4n) is 2.19. The average molecular weight is 373 g/mol. The van der Waals surface area contributed by atoms with Gasteiger partial charge < -0.3 is 20.8 Å². The molecule has 4 aromatic rings. The predicted molar refractivity (Wildman–Crippen MR) is 109 cm³/mol. The summed E-state index contributed by atoms with van der Waals surface area (Å²) in [6.45, 7) is 0. The molecule has 4 rings (SSSR count). The third-order valence-electron chi connectivity index (χ3n) is 3.51. The van der Waals surface area contributed by atoms with Crippen LogP contribution in [0.25, 0.3) is 0 Å². The molecule has 0 radical (unpaired) electrons. The van der Waals surface area contributed by atoms with Crippen LogP contribution in [0.3, 0.4) is 0 Å². The molecule has 0 atom stereocenters. The zero-order chi connectivity index (χ0) is 19.6. The molecular formula is C21H19N5O2. The lowest BCUT2D eigenvalue weighted by Gasteiger charge is -2.04. The van der Waals surface area contributed by atoms with Crippen molar-refractivity contribution < 1.29 is 10.2 Å². The van der Waals surface area contributed by atoms with Crippen molar-refractivity contribution >= 4 is 23.0 Å². The Morgan fingerprint density at radius 3 is 1.64 bits per heavy atom. The minimum absolute atomic E-state index is 0.245. The SMILES string of the molecule is Oc1ccc(Nc2ccccn2)cc1.Oc1ccc(Nc2cnccn2)cc1.